The number of carbonyl (C=O) groups is 1. The summed E-state index contributed by atoms with van der Waals surface area (Å²) in [6.07, 6.45) is 2.03. The molecule has 0 saturated carbocycles. The van der Waals surface area contributed by atoms with Crippen molar-refractivity contribution in [3.8, 4) is 0 Å². The zero-order valence-corrected chi connectivity index (χ0v) is 19.0. The number of amides is 1. The summed E-state index contributed by atoms with van der Waals surface area (Å²) in [5.41, 5.74) is 1.90. The Kier molecular flexibility index (Phi) is 6.66. The minimum Gasteiger partial charge on any atom is -0.376 e. The third-order valence-electron chi connectivity index (χ3n) is 4.80. The van der Waals surface area contributed by atoms with Gasteiger partial charge in [0.05, 0.1) is 33.6 Å². The first-order valence-corrected chi connectivity index (χ1v) is 11.9. The molecule has 1 aromatic heterocycles. The molecule has 0 spiro atoms. The third-order valence-corrected chi connectivity index (χ3v) is 7.59. The monoisotopic (exact) mass is 466 g/mol. The van der Waals surface area contributed by atoms with E-state index in [0.29, 0.717) is 27.5 Å². The van der Waals surface area contributed by atoms with Crippen LogP contribution in [-0.4, -0.2) is 35.9 Å². The molecule has 1 amide bonds. The molecular formula is C21H20Cl2N2O2S2. The summed E-state index contributed by atoms with van der Waals surface area (Å²) in [6, 6.07) is 11.3. The summed E-state index contributed by atoms with van der Waals surface area (Å²) in [5.74, 6) is 0.324. The average Bonchev–Trinajstić information content (AvgIpc) is 3.39. The van der Waals surface area contributed by atoms with Crippen LogP contribution in [0.4, 0.5) is 5.13 Å². The van der Waals surface area contributed by atoms with E-state index in [2.05, 4.69) is 0 Å². The lowest BCUT2D eigenvalue weighted by molar-refractivity contribution is -0.116. The van der Waals surface area contributed by atoms with Gasteiger partial charge in [-0.25, -0.2) is 4.98 Å². The highest BCUT2D eigenvalue weighted by atomic mass is 35.5. The molecule has 2 aromatic carbocycles. The Hall–Kier alpha value is -1.31. The minimum absolute atomic E-state index is 0.00767. The van der Waals surface area contributed by atoms with E-state index in [9.17, 15) is 4.79 Å². The van der Waals surface area contributed by atoms with E-state index in [1.165, 1.54) is 23.1 Å². The van der Waals surface area contributed by atoms with Crippen molar-refractivity contribution < 1.29 is 9.53 Å². The number of thioether (sulfide) groups is 1. The van der Waals surface area contributed by atoms with Gasteiger partial charge >= 0.3 is 0 Å². The SMILES string of the molecule is Cc1ccc(Cl)c2sc(N(CC3CCCO3)C(=O)CSc3ccc(Cl)cc3)nc12. The second kappa shape index (κ2) is 9.23. The zero-order valence-electron chi connectivity index (χ0n) is 15.9. The highest BCUT2D eigenvalue weighted by Crippen LogP contribution is 2.36. The lowest BCUT2D eigenvalue weighted by Crippen LogP contribution is -2.38. The fourth-order valence-electron chi connectivity index (χ4n) is 3.24. The molecule has 1 aliphatic heterocycles. The summed E-state index contributed by atoms with van der Waals surface area (Å²) in [5, 5.41) is 2.02. The molecule has 1 atom stereocenters. The molecule has 0 bridgehead atoms. The van der Waals surface area contributed by atoms with Gasteiger partial charge in [0.25, 0.3) is 0 Å². The van der Waals surface area contributed by atoms with Crippen LogP contribution in [0, 0.1) is 6.92 Å². The van der Waals surface area contributed by atoms with Crippen LogP contribution < -0.4 is 4.90 Å². The number of benzene rings is 2. The molecule has 1 aliphatic rings. The van der Waals surface area contributed by atoms with Gasteiger partial charge in [-0.1, -0.05) is 40.6 Å². The molecule has 0 radical (unpaired) electrons. The average molecular weight is 467 g/mol. The van der Waals surface area contributed by atoms with Crippen LogP contribution in [0.15, 0.2) is 41.3 Å². The maximum atomic E-state index is 13.2. The van der Waals surface area contributed by atoms with E-state index in [4.69, 9.17) is 32.9 Å². The molecule has 3 aromatic rings. The van der Waals surface area contributed by atoms with Crippen LogP contribution in [0.1, 0.15) is 18.4 Å². The summed E-state index contributed by atoms with van der Waals surface area (Å²) in [7, 11) is 0. The molecular weight excluding hydrogens is 447 g/mol. The Labute approximate surface area is 188 Å². The summed E-state index contributed by atoms with van der Waals surface area (Å²) in [6.45, 7) is 3.26. The minimum atomic E-state index is 0.00767. The third kappa shape index (κ3) is 4.89. The molecule has 1 unspecified atom stereocenters. The smallest absolute Gasteiger partial charge is 0.239 e. The molecule has 152 valence electrons. The van der Waals surface area contributed by atoms with Gasteiger partial charge in [0.15, 0.2) is 5.13 Å². The highest BCUT2D eigenvalue weighted by Gasteiger charge is 2.26. The van der Waals surface area contributed by atoms with Crippen molar-refractivity contribution in [1.29, 1.82) is 0 Å². The van der Waals surface area contributed by atoms with Crippen LogP contribution in [0.3, 0.4) is 0 Å². The lowest BCUT2D eigenvalue weighted by atomic mass is 10.2. The Morgan fingerprint density at radius 2 is 2.07 bits per heavy atom. The second-order valence-corrected chi connectivity index (χ2v) is 9.79. The number of thiazole rings is 1. The van der Waals surface area contributed by atoms with E-state index in [-0.39, 0.29) is 12.0 Å². The standard InChI is InChI=1S/C21H20Cl2N2O2S2/c1-13-4-9-17(23)20-19(13)24-21(29-20)25(11-15-3-2-10-27-15)18(26)12-28-16-7-5-14(22)6-8-16/h4-9,15H,2-3,10-12H2,1H3. The van der Waals surface area contributed by atoms with Crippen LogP contribution in [0.25, 0.3) is 10.2 Å². The first kappa shape index (κ1) is 20.9. The summed E-state index contributed by atoms with van der Waals surface area (Å²) >= 11 is 15.3. The largest absolute Gasteiger partial charge is 0.376 e. The molecule has 2 heterocycles. The number of nitrogens with zero attached hydrogens (tertiary/aromatic N) is 2. The molecule has 4 nitrogen and oxygen atoms in total. The van der Waals surface area contributed by atoms with Crippen LogP contribution in [-0.2, 0) is 9.53 Å². The van der Waals surface area contributed by atoms with Gasteiger partial charge in [-0.3, -0.25) is 9.69 Å². The zero-order chi connectivity index (χ0) is 20.4. The molecule has 1 fully saturated rings. The first-order chi connectivity index (χ1) is 14.0. The number of anilines is 1. The number of aromatic nitrogens is 1. The lowest BCUT2D eigenvalue weighted by Gasteiger charge is -2.23. The van der Waals surface area contributed by atoms with Gasteiger partial charge < -0.3 is 4.74 Å². The quantitative estimate of drug-likeness (QED) is 0.404. The van der Waals surface area contributed by atoms with Gasteiger partial charge in [0.2, 0.25) is 5.91 Å². The van der Waals surface area contributed by atoms with E-state index in [0.717, 1.165) is 40.1 Å². The number of fused-ring (bicyclic) bond motifs is 1. The molecule has 4 rings (SSSR count). The van der Waals surface area contributed by atoms with Crippen molar-refractivity contribution in [2.24, 2.45) is 0 Å². The van der Waals surface area contributed by atoms with Crippen molar-refractivity contribution in [2.75, 3.05) is 23.8 Å². The summed E-state index contributed by atoms with van der Waals surface area (Å²) in [4.78, 5) is 20.7. The van der Waals surface area contributed by atoms with Crippen LogP contribution >= 0.6 is 46.3 Å². The van der Waals surface area contributed by atoms with Crippen molar-refractivity contribution in [3.63, 3.8) is 0 Å². The van der Waals surface area contributed by atoms with Gasteiger partial charge in [-0.05, 0) is 55.7 Å². The Balaban J connectivity index is 1.58. The normalized spacial score (nSPS) is 16.4. The molecule has 8 heteroatoms. The van der Waals surface area contributed by atoms with Gasteiger partial charge in [-0.15, -0.1) is 11.8 Å². The van der Waals surface area contributed by atoms with E-state index in [1.54, 1.807) is 4.90 Å². The molecule has 0 N–H and O–H groups in total. The van der Waals surface area contributed by atoms with E-state index < -0.39 is 0 Å². The maximum Gasteiger partial charge on any atom is 0.239 e. The maximum absolute atomic E-state index is 13.2. The van der Waals surface area contributed by atoms with Crippen LogP contribution in [0.2, 0.25) is 10.0 Å². The number of hydrogen-bond donors (Lipinski definition) is 0. The number of halogens is 2. The van der Waals surface area contributed by atoms with Crippen molar-refractivity contribution in [1.82, 2.24) is 4.98 Å². The predicted molar refractivity (Wildman–Crippen MR) is 123 cm³/mol. The second-order valence-electron chi connectivity index (χ2n) is 6.92. The number of hydrogen-bond acceptors (Lipinski definition) is 5. The predicted octanol–water partition coefficient (Wildman–Crippen LogP) is 6.22. The Morgan fingerprint density at radius 3 is 2.76 bits per heavy atom. The van der Waals surface area contributed by atoms with Crippen molar-refractivity contribution in [2.45, 2.75) is 30.8 Å². The Bertz CT molecular complexity index is 978. The summed E-state index contributed by atoms with van der Waals surface area (Å²) < 4.78 is 6.70. The van der Waals surface area contributed by atoms with Gasteiger partial charge in [0.1, 0.15) is 0 Å². The van der Waals surface area contributed by atoms with Gasteiger partial charge in [-0.2, -0.15) is 0 Å². The highest BCUT2D eigenvalue weighted by molar-refractivity contribution is 8.00. The fraction of sp³-hybridized carbons (Fsp3) is 0.333. The number of carbonyl (C=O) groups excluding carboxylic acids is 1. The van der Waals surface area contributed by atoms with Crippen molar-refractivity contribution in [3.05, 3.63) is 52.0 Å². The number of aryl methyl sites for hydroxylation is 1. The molecule has 1 saturated heterocycles. The number of ether oxygens (including phenoxy) is 1. The van der Waals surface area contributed by atoms with E-state index in [1.807, 2.05) is 43.3 Å². The van der Waals surface area contributed by atoms with Crippen LogP contribution in [0.5, 0.6) is 0 Å². The van der Waals surface area contributed by atoms with Crippen molar-refractivity contribution >= 4 is 67.6 Å². The van der Waals surface area contributed by atoms with Gasteiger partial charge in [0, 0.05) is 16.5 Å². The molecule has 29 heavy (non-hydrogen) atoms. The molecule has 0 aliphatic carbocycles. The number of rotatable bonds is 6. The van der Waals surface area contributed by atoms with E-state index >= 15 is 0 Å². The topological polar surface area (TPSA) is 42.4 Å². The fourth-order valence-corrected chi connectivity index (χ4v) is 5.48. The Morgan fingerprint density at radius 1 is 1.28 bits per heavy atom. The first-order valence-electron chi connectivity index (χ1n) is 9.37.